The van der Waals surface area contributed by atoms with Crippen molar-refractivity contribution >= 4 is 12.2 Å². The van der Waals surface area contributed by atoms with E-state index in [4.69, 9.17) is 22.5 Å². The number of rotatable bonds is 3. The first-order valence-corrected chi connectivity index (χ1v) is 8.88. The van der Waals surface area contributed by atoms with Crippen LogP contribution in [-0.2, 0) is 19.5 Å². The molecule has 5 nitrogen and oxygen atoms in total. The fourth-order valence-corrected chi connectivity index (χ4v) is 3.39. The van der Waals surface area contributed by atoms with Crippen LogP contribution in [0.3, 0.4) is 0 Å². The first-order valence-electron chi connectivity index (χ1n) is 8.47. The molecule has 1 aliphatic heterocycles. The molecule has 6 heteroatoms. The van der Waals surface area contributed by atoms with Crippen molar-refractivity contribution in [1.82, 2.24) is 19.9 Å². The van der Waals surface area contributed by atoms with Crippen molar-refractivity contribution in [3.05, 3.63) is 75.9 Å². The number of aromatic nitrogens is 3. The van der Waals surface area contributed by atoms with Gasteiger partial charge < -0.3 is 4.98 Å². The van der Waals surface area contributed by atoms with Gasteiger partial charge in [-0.2, -0.15) is 5.26 Å². The number of nitriles is 1. The normalized spacial score (nSPS) is 13.8. The summed E-state index contributed by atoms with van der Waals surface area (Å²) in [6.45, 7) is 2.60. The van der Waals surface area contributed by atoms with E-state index < -0.39 is 0 Å². The molecule has 3 heterocycles. The summed E-state index contributed by atoms with van der Waals surface area (Å²) in [7, 11) is 0. The highest BCUT2D eigenvalue weighted by molar-refractivity contribution is 7.71. The van der Waals surface area contributed by atoms with Crippen molar-refractivity contribution in [3.8, 4) is 17.3 Å². The fraction of sp³-hybridized carbons (Fsp3) is 0.200. The minimum Gasteiger partial charge on any atom is -0.334 e. The second-order valence-electron chi connectivity index (χ2n) is 6.36. The smallest absolute Gasteiger partial charge is 0.196 e. The Kier molecular flexibility index (Phi) is 4.57. The molecule has 0 bridgehead atoms. The predicted molar refractivity (Wildman–Crippen MR) is 102 cm³/mol. The number of hydrogen-bond acceptors (Lipinski definition) is 5. The van der Waals surface area contributed by atoms with Gasteiger partial charge in [0.2, 0.25) is 0 Å². The van der Waals surface area contributed by atoms with Gasteiger partial charge in [0, 0.05) is 49.1 Å². The van der Waals surface area contributed by atoms with Crippen LogP contribution in [0.5, 0.6) is 0 Å². The van der Waals surface area contributed by atoms with Gasteiger partial charge in [-0.3, -0.25) is 9.88 Å². The maximum atomic E-state index is 8.93. The molecular formula is C20H17N5S. The van der Waals surface area contributed by atoms with Gasteiger partial charge in [-0.1, -0.05) is 18.2 Å². The molecule has 0 saturated heterocycles. The summed E-state index contributed by atoms with van der Waals surface area (Å²) in [5.74, 6) is 0. The number of hydrogen-bond donors (Lipinski definition) is 1. The molecule has 3 aromatic rings. The Hall–Kier alpha value is -2.88. The Morgan fingerprint density at radius 3 is 2.85 bits per heavy atom. The van der Waals surface area contributed by atoms with Gasteiger partial charge in [0.1, 0.15) is 0 Å². The third kappa shape index (κ3) is 3.54. The number of H-pyrrole nitrogens is 1. The van der Waals surface area contributed by atoms with Crippen LogP contribution in [0.25, 0.3) is 11.3 Å². The summed E-state index contributed by atoms with van der Waals surface area (Å²) in [4.78, 5) is 14.6. The molecule has 0 radical (unpaired) electrons. The lowest BCUT2D eigenvalue weighted by atomic mass is 10.1. The maximum absolute atomic E-state index is 8.93. The molecule has 1 aromatic carbocycles. The van der Waals surface area contributed by atoms with Crippen molar-refractivity contribution in [1.29, 1.82) is 5.26 Å². The van der Waals surface area contributed by atoms with E-state index in [0.717, 1.165) is 43.0 Å². The molecular weight excluding hydrogens is 342 g/mol. The first-order chi connectivity index (χ1) is 12.7. The Bertz CT molecular complexity index is 1030. The van der Waals surface area contributed by atoms with E-state index in [1.807, 2.05) is 42.6 Å². The van der Waals surface area contributed by atoms with Crippen LogP contribution in [0.1, 0.15) is 22.5 Å². The second kappa shape index (κ2) is 7.16. The van der Waals surface area contributed by atoms with Gasteiger partial charge in [0.25, 0.3) is 0 Å². The molecule has 26 heavy (non-hydrogen) atoms. The number of aromatic amines is 1. The largest absolute Gasteiger partial charge is 0.334 e. The molecule has 0 spiro atoms. The molecule has 0 fully saturated rings. The summed E-state index contributed by atoms with van der Waals surface area (Å²) < 4.78 is 0.550. The van der Waals surface area contributed by atoms with Gasteiger partial charge >= 0.3 is 0 Å². The number of nitrogens with zero attached hydrogens (tertiary/aromatic N) is 4. The second-order valence-corrected chi connectivity index (χ2v) is 6.74. The van der Waals surface area contributed by atoms with Crippen molar-refractivity contribution in [2.45, 2.75) is 19.5 Å². The van der Waals surface area contributed by atoms with Crippen LogP contribution in [0.4, 0.5) is 0 Å². The fourth-order valence-electron chi connectivity index (χ4n) is 3.21. The molecule has 1 aliphatic rings. The Labute approximate surface area is 157 Å². The highest BCUT2D eigenvalue weighted by atomic mass is 32.1. The van der Waals surface area contributed by atoms with Crippen molar-refractivity contribution in [2.75, 3.05) is 6.54 Å². The summed E-state index contributed by atoms with van der Waals surface area (Å²) in [5.41, 5.74) is 6.03. The SMILES string of the molecule is N#Cc1ccc(-c2cccc(CN3CCc4[nH]c(=S)ncc4C3)n2)cc1. The zero-order valence-electron chi connectivity index (χ0n) is 14.1. The van der Waals surface area contributed by atoms with Gasteiger partial charge in [-0.05, 0) is 36.5 Å². The summed E-state index contributed by atoms with van der Waals surface area (Å²) in [6, 6.07) is 15.8. The van der Waals surface area contributed by atoms with Gasteiger partial charge in [0.05, 0.1) is 23.0 Å². The standard InChI is InChI=1S/C20H17N5S/c21-10-14-4-6-15(7-5-14)18-3-1-2-17(23-18)13-25-9-8-19-16(12-25)11-22-20(26)24-19/h1-7,11H,8-9,12-13H2,(H,22,24,26). The average molecular weight is 359 g/mol. The van der Waals surface area contributed by atoms with Crippen LogP contribution < -0.4 is 0 Å². The molecule has 2 aromatic heterocycles. The highest BCUT2D eigenvalue weighted by Gasteiger charge is 2.17. The lowest BCUT2D eigenvalue weighted by Gasteiger charge is -2.27. The minimum absolute atomic E-state index is 0.550. The summed E-state index contributed by atoms with van der Waals surface area (Å²) >= 11 is 5.10. The zero-order chi connectivity index (χ0) is 17.9. The van der Waals surface area contributed by atoms with Gasteiger partial charge in [-0.15, -0.1) is 0 Å². The van der Waals surface area contributed by atoms with Crippen molar-refractivity contribution < 1.29 is 0 Å². The molecule has 4 rings (SSSR count). The monoisotopic (exact) mass is 359 g/mol. The number of pyridine rings is 1. The number of nitrogens with one attached hydrogen (secondary N) is 1. The topological polar surface area (TPSA) is 68.6 Å². The molecule has 128 valence electrons. The van der Waals surface area contributed by atoms with Gasteiger partial charge in [0.15, 0.2) is 4.77 Å². The van der Waals surface area contributed by atoms with E-state index in [9.17, 15) is 0 Å². The van der Waals surface area contributed by atoms with Crippen LogP contribution in [0.15, 0.2) is 48.7 Å². The van der Waals surface area contributed by atoms with Crippen molar-refractivity contribution in [3.63, 3.8) is 0 Å². The van der Waals surface area contributed by atoms with E-state index in [1.165, 1.54) is 11.3 Å². The molecule has 0 amide bonds. The zero-order valence-corrected chi connectivity index (χ0v) is 15.0. The average Bonchev–Trinajstić information content (AvgIpc) is 2.68. The summed E-state index contributed by atoms with van der Waals surface area (Å²) in [6.07, 6.45) is 2.82. The van der Waals surface area contributed by atoms with E-state index in [0.29, 0.717) is 10.3 Å². The molecule has 1 N–H and O–H groups in total. The lowest BCUT2D eigenvalue weighted by molar-refractivity contribution is 0.240. The van der Waals surface area contributed by atoms with Crippen molar-refractivity contribution in [2.24, 2.45) is 0 Å². The number of benzene rings is 1. The lowest BCUT2D eigenvalue weighted by Crippen LogP contribution is -2.31. The van der Waals surface area contributed by atoms with Gasteiger partial charge in [-0.25, -0.2) is 4.98 Å². The van der Waals surface area contributed by atoms with Crippen LogP contribution >= 0.6 is 12.2 Å². The predicted octanol–water partition coefficient (Wildman–Crippen LogP) is 3.63. The number of fused-ring (bicyclic) bond motifs is 1. The minimum atomic E-state index is 0.550. The molecule has 0 atom stereocenters. The maximum Gasteiger partial charge on any atom is 0.196 e. The Morgan fingerprint density at radius 1 is 1.19 bits per heavy atom. The Morgan fingerprint density at radius 2 is 2.04 bits per heavy atom. The molecule has 0 aliphatic carbocycles. The first kappa shape index (κ1) is 16.6. The van der Waals surface area contributed by atoms with E-state index in [2.05, 4.69) is 27.0 Å². The van der Waals surface area contributed by atoms with E-state index in [1.54, 1.807) is 0 Å². The van der Waals surface area contributed by atoms with E-state index in [-0.39, 0.29) is 0 Å². The quantitative estimate of drug-likeness (QED) is 0.723. The van der Waals surface area contributed by atoms with Crippen LogP contribution in [0, 0.1) is 16.1 Å². The van der Waals surface area contributed by atoms with E-state index >= 15 is 0 Å². The molecule has 0 unspecified atom stereocenters. The third-order valence-electron chi connectivity index (χ3n) is 4.56. The van der Waals surface area contributed by atoms with Crippen LogP contribution in [0.2, 0.25) is 0 Å². The molecule has 0 saturated carbocycles. The Balaban J connectivity index is 1.51. The third-order valence-corrected chi connectivity index (χ3v) is 4.76. The van der Waals surface area contributed by atoms with Crippen LogP contribution in [-0.4, -0.2) is 26.4 Å². The summed E-state index contributed by atoms with van der Waals surface area (Å²) in [5, 5.41) is 8.93. The highest BCUT2D eigenvalue weighted by Crippen LogP contribution is 2.21.